The molecule has 33 heavy (non-hydrogen) atoms. The van der Waals surface area contributed by atoms with Gasteiger partial charge in [-0.1, -0.05) is 0 Å². The minimum absolute atomic E-state index is 0.0148. The summed E-state index contributed by atoms with van der Waals surface area (Å²) in [5.74, 6) is 2.09. The number of methoxy groups -OCH3 is 1. The maximum atomic E-state index is 13.3. The quantitative estimate of drug-likeness (QED) is 0.663. The fraction of sp³-hybridized carbons (Fsp3) is 0.440. The Morgan fingerprint density at radius 2 is 1.82 bits per heavy atom. The van der Waals surface area contributed by atoms with Gasteiger partial charge >= 0.3 is 0 Å². The number of imidazole rings is 1. The molecule has 2 aliphatic rings. The summed E-state index contributed by atoms with van der Waals surface area (Å²) in [5, 5.41) is 0. The van der Waals surface area contributed by atoms with Crippen LogP contribution in [-0.4, -0.2) is 69.9 Å². The largest absolute Gasteiger partial charge is 0.497 e. The molecule has 1 N–H and O–H groups in total. The topological polar surface area (TPSA) is 91.4 Å². The summed E-state index contributed by atoms with van der Waals surface area (Å²) in [6, 6.07) is 9.09. The van der Waals surface area contributed by atoms with Crippen molar-refractivity contribution in [2.45, 2.75) is 31.6 Å². The van der Waals surface area contributed by atoms with Gasteiger partial charge in [-0.05, 0) is 56.0 Å². The molecule has 0 aliphatic carbocycles. The summed E-state index contributed by atoms with van der Waals surface area (Å²) in [6.45, 7) is 2.70. The number of amides is 2. The lowest BCUT2D eigenvalue weighted by Crippen LogP contribution is -2.47. The fourth-order valence-electron chi connectivity index (χ4n) is 4.97. The number of hydrogen-bond donors (Lipinski definition) is 1. The van der Waals surface area contributed by atoms with Crippen LogP contribution < -0.4 is 4.74 Å². The Bertz CT molecular complexity index is 1100. The third-order valence-electron chi connectivity index (χ3n) is 6.89. The molecule has 2 aliphatic heterocycles. The van der Waals surface area contributed by atoms with E-state index in [9.17, 15) is 9.59 Å². The van der Waals surface area contributed by atoms with E-state index in [2.05, 4.69) is 9.97 Å². The molecule has 172 valence electrons. The molecule has 5 rings (SSSR count). The number of benzene rings is 1. The highest BCUT2D eigenvalue weighted by atomic mass is 16.5. The summed E-state index contributed by atoms with van der Waals surface area (Å²) in [4.78, 5) is 42.2. The van der Waals surface area contributed by atoms with E-state index in [4.69, 9.17) is 9.72 Å². The fourth-order valence-corrected chi connectivity index (χ4v) is 4.97. The van der Waals surface area contributed by atoms with Gasteiger partial charge in [-0.2, -0.15) is 0 Å². The standard InChI is InChI=1S/C25H29N5O3/c1-33-20-6-4-17(5-7-20)24(31)29-13-9-18(10-14-29)25(32)30-12-2-3-19(16-30)23-27-21-8-11-26-15-22(21)28-23/h4-8,11,15,18-19H,2-3,9-10,12-14,16H2,1H3,(H,27,28). The zero-order valence-corrected chi connectivity index (χ0v) is 18.9. The number of H-pyrrole nitrogens is 1. The second-order valence-corrected chi connectivity index (χ2v) is 8.93. The highest BCUT2D eigenvalue weighted by Crippen LogP contribution is 2.29. The number of hydrogen-bond acceptors (Lipinski definition) is 5. The smallest absolute Gasteiger partial charge is 0.253 e. The number of fused-ring (bicyclic) bond motifs is 1. The van der Waals surface area contributed by atoms with Crippen molar-refractivity contribution < 1.29 is 14.3 Å². The second-order valence-electron chi connectivity index (χ2n) is 8.93. The van der Waals surface area contributed by atoms with E-state index < -0.39 is 0 Å². The Labute approximate surface area is 193 Å². The van der Waals surface area contributed by atoms with Gasteiger partial charge in [0.05, 0.1) is 24.3 Å². The molecule has 0 radical (unpaired) electrons. The van der Waals surface area contributed by atoms with Crippen LogP contribution in [0.4, 0.5) is 0 Å². The monoisotopic (exact) mass is 447 g/mol. The maximum absolute atomic E-state index is 13.3. The zero-order chi connectivity index (χ0) is 22.8. The number of carbonyl (C=O) groups excluding carboxylic acids is 2. The van der Waals surface area contributed by atoms with Gasteiger partial charge in [0.25, 0.3) is 5.91 Å². The molecule has 1 atom stereocenters. The van der Waals surface area contributed by atoms with Crippen molar-refractivity contribution in [2.75, 3.05) is 33.3 Å². The molecule has 8 heteroatoms. The number of rotatable bonds is 4. The Balaban J connectivity index is 1.18. The predicted molar refractivity (Wildman–Crippen MR) is 124 cm³/mol. The van der Waals surface area contributed by atoms with Gasteiger partial charge in [0.1, 0.15) is 11.6 Å². The molecular formula is C25H29N5O3. The lowest BCUT2D eigenvalue weighted by Gasteiger charge is -2.37. The average molecular weight is 448 g/mol. The highest BCUT2D eigenvalue weighted by Gasteiger charge is 2.33. The number of piperidine rings is 2. The van der Waals surface area contributed by atoms with Crippen molar-refractivity contribution in [2.24, 2.45) is 5.92 Å². The van der Waals surface area contributed by atoms with Gasteiger partial charge in [-0.3, -0.25) is 14.6 Å². The SMILES string of the molecule is COc1ccc(C(=O)N2CCC(C(=O)N3CCCC(c4nc5ccncc5[nH]4)C3)CC2)cc1. The zero-order valence-electron chi connectivity index (χ0n) is 18.9. The molecule has 0 bridgehead atoms. The summed E-state index contributed by atoms with van der Waals surface area (Å²) < 4.78 is 5.17. The van der Waals surface area contributed by atoms with Gasteiger partial charge < -0.3 is 19.5 Å². The van der Waals surface area contributed by atoms with Crippen molar-refractivity contribution in [3.63, 3.8) is 0 Å². The number of aromatic amines is 1. The average Bonchev–Trinajstić information content (AvgIpc) is 3.33. The van der Waals surface area contributed by atoms with Gasteiger partial charge in [0.2, 0.25) is 5.91 Å². The normalized spacial score (nSPS) is 19.6. The lowest BCUT2D eigenvalue weighted by molar-refractivity contribution is -0.138. The van der Waals surface area contributed by atoms with Crippen LogP contribution in [0.3, 0.4) is 0 Å². The molecule has 0 saturated carbocycles. The molecule has 2 saturated heterocycles. The van der Waals surface area contributed by atoms with Crippen LogP contribution in [0.5, 0.6) is 5.75 Å². The number of likely N-dealkylation sites (tertiary alicyclic amines) is 2. The maximum Gasteiger partial charge on any atom is 0.253 e. The van der Waals surface area contributed by atoms with Crippen LogP contribution in [0.15, 0.2) is 42.7 Å². The Kier molecular flexibility index (Phi) is 5.98. The minimum Gasteiger partial charge on any atom is -0.497 e. The van der Waals surface area contributed by atoms with E-state index in [0.717, 1.165) is 42.0 Å². The van der Waals surface area contributed by atoms with Crippen molar-refractivity contribution in [1.82, 2.24) is 24.8 Å². The molecule has 1 aromatic carbocycles. The van der Waals surface area contributed by atoms with Crippen molar-refractivity contribution in [3.05, 3.63) is 54.1 Å². The third kappa shape index (κ3) is 4.42. The van der Waals surface area contributed by atoms with Crippen molar-refractivity contribution >= 4 is 22.8 Å². The van der Waals surface area contributed by atoms with Crippen molar-refractivity contribution in [1.29, 1.82) is 0 Å². The minimum atomic E-state index is -0.0245. The number of ether oxygens (including phenoxy) is 1. The van der Waals surface area contributed by atoms with E-state index in [-0.39, 0.29) is 23.7 Å². The van der Waals surface area contributed by atoms with E-state index in [1.807, 2.05) is 15.9 Å². The molecule has 0 spiro atoms. The van der Waals surface area contributed by atoms with E-state index in [0.29, 0.717) is 38.0 Å². The van der Waals surface area contributed by atoms with Crippen LogP contribution in [0.2, 0.25) is 0 Å². The van der Waals surface area contributed by atoms with Crippen LogP contribution in [0.25, 0.3) is 11.0 Å². The summed E-state index contributed by atoms with van der Waals surface area (Å²) in [7, 11) is 1.61. The number of pyridine rings is 1. The third-order valence-corrected chi connectivity index (χ3v) is 6.89. The summed E-state index contributed by atoms with van der Waals surface area (Å²) in [5.41, 5.74) is 2.50. The summed E-state index contributed by atoms with van der Waals surface area (Å²) in [6.07, 6.45) is 6.94. The van der Waals surface area contributed by atoms with Gasteiger partial charge in [0, 0.05) is 49.8 Å². The molecule has 1 unspecified atom stereocenters. The molecule has 3 aromatic rings. The molecule has 2 amide bonds. The van der Waals surface area contributed by atoms with E-state index in [1.54, 1.807) is 43.8 Å². The van der Waals surface area contributed by atoms with Crippen molar-refractivity contribution in [3.8, 4) is 5.75 Å². The Hall–Kier alpha value is -3.42. The molecule has 2 aromatic heterocycles. The number of nitrogens with one attached hydrogen (secondary N) is 1. The lowest BCUT2D eigenvalue weighted by atomic mass is 9.91. The Morgan fingerprint density at radius 1 is 1.03 bits per heavy atom. The van der Waals surface area contributed by atoms with Gasteiger partial charge in [-0.15, -0.1) is 0 Å². The number of nitrogens with zero attached hydrogens (tertiary/aromatic N) is 4. The Morgan fingerprint density at radius 3 is 2.55 bits per heavy atom. The molecule has 4 heterocycles. The molecule has 8 nitrogen and oxygen atoms in total. The van der Waals surface area contributed by atoms with Crippen LogP contribution >= 0.6 is 0 Å². The van der Waals surface area contributed by atoms with Gasteiger partial charge in [-0.25, -0.2) is 4.98 Å². The first-order valence-electron chi connectivity index (χ1n) is 11.6. The summed E-state index contributed by atoms with van der Waals surface area (Å²) >= 11 is 0. The van der Waals surface area contributed by atoms with Crippen LogP contribution in [-0.2, 0) is 4.79 Å². The number of carbonyl (C=O) groups is 2. The second kappa shape index (κ2) is 9.21. The van der Waals surface area contributed by atoms with Gasteiger partial charge in [0.15, 0.2) is 0 Å². The van der Waals surface area contributed by atoms with Crippen LogP contribution in [0, 0.1) is 5.92 Å². The first-order valence-corrected chi connectivity index (χ1v) is 11.6. The van der Waals surface area contributed by atoms with E-state index >= 15 is 0 Å². The predicted octanol–water partition coefficient (Wildman–Crippen LogP) is 3.22. The first-order chi connectivity index (χ1) is 16.1. The molecule has 2 fully saturated rings. The highest BCUT2D eigenvalue weighted by molar-refractivity contribution is 5.94. The van der Waals surface area contributed by atoms with E-state index in [1.165, 1.54) is 0 Å². The first kappa shape index (κ1) is 21.4. The number of aromatic nitrogens is 3. The molecular weight excluding hydrogens is 418 g/mol. The van der Waals surface area contributed by atoms with Crippen LogP contribution in [0.1, 0.15) is 47.8 Å².